The minimum Gasteiger partial charge on any atom is -0.361 e. The van der Waals surface area contributed by atoms with Crippen LogP contribution in [0.3, 0.4) is 0 Å². The van der Waals surface area contributed by atoms with Crippen LogP contribution in [0.1, 0.15) is 36.8 Å². The molecule has 0 aliphatic rings. The fraction of sp³-hybridized carbons (Fsp3) is 0.667. The van der Waals surface area contributed by atoms with Crippen LogP contribution in [0.4, 0.5) is 0 Å². The Morgan fingerprint density at radius 3 is 2.71 bits per heavy atom. The van der Waals surface area contributed by atoms with Crippen molar-refractivity contribution in [3.8, 4) is 0 Å². The average Bonchev–Trinajstić information content (AvgIpc) is 2.63. The second-order valence-electron chi connectivity index (χ2n) is 4.29. The van der Waals surface area contributed by atoms with Gasteiger partial charge in [0.2, 0.25) is 5.91 Å². The number of aromatic nitrogens is 1. The maximum atomic E-state index is 11.7. The molecule has 1 aromatic rings. The molecule has 0 saturated carbocycles. The van der Waals surface area contributed by atoms with Crippen LogP contribution < -0.4 is 11.1 Å². The highest BCUT2D eigenvalue weighted by Gasteiger charge is 2.13. The zero-order chi connectivity index (χ0) is 12.8. The number of nitrogens with two attached hydrogens (primary N) is 1. The van der Waals surface area contributed by atoms with Crippen LogP contribution in [0.2, 0.25) is 0 Å². The summed E-state index contributed by atoms with van der Waals surface area (Å²) in [7, 11) is 0. The number of aryl methyl sites for hydroxylation is 2. The van der Waals surface area contributed by atoms with Crippen molar-refractivity contribution in [1.82, 2.24) is 10.5 Å². The van der Waals surface area contributed by atoms with Crippen LogP contribution in [0.15, 0.2) is 4.52 Å². The van der Waals surface area contributed by atoms with E-state index in [1.54, 1.807) is 0 Å². The molecule has 1 amide bonds. The second-order valence-corrected chi connectivity index (χ2v) is 4.29. The van der Waals surface area contributed by atoms with Gasteiger partial charge in [0.05, 0.1) is 5.69 Å². The second kappa shape index (κ2) is 6.39. The zero-order valence-electron chi connectivity index (χ0n) is 10.7. The molecule has 1 heterocycles. The van der Waals surface area contributed by atoms with Crippen molar-refractivity contribution in [1.29, 1.82) is 0 Å². The van der Waals surface area contributed by atoms with Crippen LogP contribution in [0.25, 0.3) is 0 Å². The first-order chi connectivity index (χ1) is 8.08. The number of amides is 1. The van der Waals surface area contributed by atoms with Crippen molar-refractivity contribution in [2.24, 2.45) is 11.7 Å². The van der Waals surface area contributed by atoms with Gasteiger partial charge >= 0.3 is 0 Å². The Balaban J connectivity index is 2.43. The zero-order valence-corrected chi connectivity index (χ0v) is 10.7. The molecule has 0 aliphatic carbocycles. The lowest BCUT2D eigenvalue weighted by molar-refractivity contribution is -0.122. The first-order valence-corrected chi connectivity index (χ1v) is 5.97. The molecule has 0 fully saturated rings. The maximum absolute atomic E-state index is 11.7. The van der Waals surface area contributed by atoms with Gasteiger partial charge in [0.15, 0.2) is 0 Å². The van der Waals surface area contributed by atoms with E-state index in [9.17, 15) is 4.79 Å². The summed E-state index contributed by atoms with van der Waals surface area (Å²) in [6.07, 6.45) is 1.41. The fourth-order valence-corrected chi connectivity index (χ4v) is 1.67. The number of nitrogens with one attached hydrogen (secondary N) is 1. The van der Waals surface area contributed by atoms with E-state index in [1.165, 1.54) is 0 Å². The number of carbonyl (C=O) groups excluding carboxylic acids is 1. The summed E-state index contributed by atoms with van der Waals surface area (Å²) in [4.78, 5) is 11.7. The minimum atomic E-state index is 0.0299. The van der Waals surface area contributed by atoms with Crippen LogP contribution >= 0.6 is 0 Å². The topological polar surface area (TPSA) is 81.2 Å². The molecule has 1 unspecified atom stereocenters. The Hall–Kier alpha value is -1.36. The first-order valence-electron chi connectivity index (χ1n) is 5.97. The molecule has 1 rings (SSSR count). The standard InChI is InChI=1S/C12H21N3O2/c1-4-10(6-13)5-12(16)14-7-11-8(2)15-17-9(11)3/h10H,4-7,13H2,1-3H3,(H,14,16). The molecular formula is C12H21N3O2. The number of nitrogens with zero attached hydrogens (tertiary/aromatic N) is 1. The molecule has 0 bridgehead atoms. The Bertz CT molecular complexity index is 350. The Kier molecular flexibility index (Phi) is 5.15. The summed E-state index contributed by atoms with van der Waals surface area (Å²) < 4.78 is 5.03. The summed E-state index contributed by atoms with van der Waals surface area (Å²) in [5.74, 6) is 1.05. The minimum absolute atomic E-state index is 0.0299. The monoisotopic (exact) mass is 239 g/mol. The van der Waals surface area contributed by atoms with E-state index in [0.29, 0.717) is 19.5 Å². The van der Waals surface area contributed by atoms with Gasteiger partial charge in [-0.2, -0.15) is 0 Å². The maximum Gasteiger partial charge on any atom is 0.220 e. The summed E-state index contributed by atoms with van der Waals surface area (Å²) in [5, 5.41) is 6.71. The highest BCUT2D eigenvalue weighted by atomic mass is 16.5. The number of hydrogen-bond acceptors (Lipinski definition) is 4. The van der Waals surface area contributed by atoms with Crippen molar-refractivity contribution in [2.75, 3.05) is 6.54 Å². The summed E-state index contributed by atoms with van der Waals surface area (Å²) in [6, 6.07) is 0. The molecule has 5 nitrogen and oxygen atoms in total. The van der Waals surface area contributed by atoms with Crippen molar-refractivity contribution in [2.45, 2.75) is 40.2 Å². The third-order valence-electron chi connectivity index (χ3n) is 3.03. The third-order valence-corrected chi connectivity index (χ3v) is 3.03. The van der Waals surface area contributed by atoms with Crippen molar-refractivity contribution in [3.63, 3.8) is 0 Å². The Labute approximate surface area is 102 Å². The summed E-state index contributed by atoms with van der Waals surface area (Å²) in [5.41, 5.74) is 7.35. The first kappa shape index (κ1) is 13.7. The van der Waals surface area contributed by atoms with E-state index in [0.717, 1.165) is 23.4 Å². The molecule has 1 atom stereocenters. The predicted molar refractivity (Wildman–Crippen MR) is 65.3 cm³/mol. The van der Waals surface area contributed by atoms with Gasteiger partial charge in [-0.25, -0.2) is 0 Å². The molecule has 0 saturated heterocycles. The van der Waals surface area contributed by atoms with Crippen LogP contribution in [-0.4, -0.2) is 17.6 Å². The van der Waals surface area contributed by atoms with E-state index < -0.39 is 0 Å². The molecule has 96 valence electrons. The number of carbonyl (C=O) groups is 1. The van der Waals surface area contributed by atoms with Gasteiger partial charge in [0.25, 0.3) is 0 Å². The Morgan fingerprint density at radius 2 is 2.24 bits per heavy atom. The number of hydrogen-bond donors (Lipinski definition) is 2. The lowest BCUT2D eigenvalue weighted by Gasteiger charge is -2.11. The molecule has 1 aromatic heterocycles. The van der Waals surface area contributed by atoms with Crippen molar-refractivity contribution in [3.05, 3.63) is 17.0 Å². The van der Waals surface area contributed by atoms with Crippen LogP contribution in [0.5, 0.6) is 0 Å². The Morgan fingerprint density at radius 1 is 1.53 bits per heavy atom. The quantitative estimate of drug-likeness (QED) is 0.783. The highest BCUT2D eigenvalue weighted by Crippen LogP contribution is 2.12. The van der Waals surface area contributed by atoms with Gasteiger partial charge in [-0.05, 0) is 26.3 Å². The van der Waals surface area contributed by atoms with E-state index in [4.69, 9.17) is 10.3 Å². The molecule has 0 aliphatic heterocycles. The normalized spacial score (nSPS) is 12.5. The molecule has 17 heavy (non-hydrogen) atoms. The van der Waals surface area contributed by atoms with Gasteiger partial charge in [-0.1, -0.05) is 18.5 Å². The smallest absolute Gasteiger partial charge is 0.220 e. The van der Waals surface area contributed by atoms with Gasteiger partial charge < -0.3 is 15.6 Å². The number of rotatable bonds is 6. The fourth-order valence-electron chi connectivity index (χ4n) is 1.67. The van der Waals surface area contributed by atoms with E-state index in [-0.39, 0.29) is 11.8 Å². The summed E-state index contributed by atoms with van der Waals surface area (Å²) >= 11 is 0. The average molecular weight is 239 g/mol. The highest BCUT2D eigenvalue weighted by molar-refractivity contribution is 5.76. The van der Waals surface area contributed by atoms with Crippen molar-refractivity contribution < 1.29 is 9.32 Å². The van der Waals surface area contributed by atoms with Gasteiger partial charge in [-0.3, -0.25) is 4.79 Å². The van der Waals surface area contributed by atoms with Crippen LogP contribution in [-0.2, 0) is 11.3 Å². The molecule has 0 aromatic carbocycles. The summed E-state index contributed by atoms with van der Waals surface area (Å²) in [6.45, 7) is 6.78. The van der Waals surface area contributed by atoms with Gasteiger partial charge in [0, 0.05) is 18.5 Å². The van der Waals surface area contributed by atoms with E-state index in [1.807, 2.05) is 20.8 Å². The predicted octanol–water partition coefficient (Wildman–Crippen LogP) is 1.28. The van der Waals surface area contributed by atoms with E-state index in [2.05, 4.69) is 10.5 Å². The molecule has 0 spiro atoms. The lowest BCUT2D eigenvalue weighted by atomic mass is 10.0. The molecular weight excluding hydrogens is 218 g/mol. The van der Waals surface area contributed by atoms with Crippen LogP contribution in [0, 0.1) is 19.8 Å². The van der Waals surface area contributed by atoms with E-state index >= 15 is 0 Å². The lowest BCUT2D eigenvalue weighted by Crippen LogP contribution is -2.27. The third kappa shape index (κ3) is 3.85. The largest absolute Gasteiger partial charge is 0.361 e. The van der Waals surface area contributed by atoms with Gasteiger partial charge in [0.1, 0.15) is 5.76 Å². The molecule has 3 N–H and O–H groups in total. The molecule has 5 heteroatoms. The molecule has 0 radical (unpaired) electrons. The SMILES string of the molecule is CCC(CN)CC(=O)NCc1c(C)noc1C. The van der Waals surface area contributed by atoms with Gasteiger partial charge in [-0.15, -0.1) is 0 Å². The van der Waals surface area contributed by atoms with Crippen molar-refractivity contribution >= 4 is 5.91 Å².